The van der Waals surface area contributed by atoms with Crippen LogP contribution in [0.25, 0.3) is 0 Å². The Morgan fingerprint density at radius 3 is 3.16 bits per heavy atom. The number of hydrogen-bond donors (Lipinski definition) is 2. The van der Waals surface area contributed by atoms with E-state index in [9.17, 15) is 4.39 Å². The van der Waals surface area contributed by atoms with Crippen molar-refractivity contribution < 1.29 is 4.39 Å². The van der Waals surface area contributed by atoms with Gasteiger partial charge in [-0.1, -0.05) is 12.1 Å². The van der Waals surface area contributed by atoms with Crippen LogP contribution in [-0.2, 0) is 6.42 Å². The zero-order valence-electron chi connectivity index (χ0n) is 11.2. The predicted octanol–water partition coefficient (Wildman–Crippen LogP) is 2.43. The molecule has 2 aliphatic rings. The molecule has 0 spiro atoms. The minimum Gasteiger partial charge on any atom is -0.384 e. The number of likely N-dealkylation sites (N-methyl/N-ethyl adjacent to an activating group) is 1. The monoisotopic (exact) mass is 261 g/mol. The zero-order chi connectivity index (χ0) is 13.5. The fraction of sp³-hybridized carbons (Fsp3) is 0.533. The second-order valence-corrected chi connectivity index (χ2v) is 5.55. The first-order valence-corrected chi connectivity index (χ1v) is 6.96. The van der Waals surface area contributed by atoms with E-state index in [-0.39, 0.29) is 11.8 Å². The Hall–Kier alpha value is -1.42. The molecule has 2 unspecified atom stereocenters. The average molecular weight is 261 g/mol. The van der Waals surface area contributed by atoms with Crippen LogP contribution in [0.2, 0.25) is 0 Å². The highest BCUT2D eigenvalue weighted by Crippen LogP contribution is 2.51. The molecule has 1 fully saturated rings. The fourth-order valence-electron chi connectivity index (χ4n) is 3.30. The van der Waals surface area contributed by atoms with Gasteiger partial charge in [0.15, 0.2) is 5.67 Å². The van der Waals surface area contributed by atoms with Crippen molar-refractivity contribution in [3.63, 3.8) is 0 Å². The summed E-state index contributed by atoms with van der Waals surface area (Å²) in [6, 6.07) is 6.18. The van der Waals surface area contributed by atoms with E-state index in [1.165, 1.54) is 5.56 Å². The molecule has 1 heterocycles. The summed E-state index contributed by atoms with van der Waals surface area (Å²) in [4.78, 5) is 4.33. The number of benzene rings is 1. The highest BCUT2D eigenvalue weighted by atomic mass is 19.1. The second-order valence-electron chi connectivity index (χ2n) is 5.55. The van der Waals surface area contributed by atoms with Gasteiger partial charge >= 0.3 is 0 Å². The van der Waals surface area contributed by atoms with Gasteiger partial charge in [0.05, 0.1) is 5.69 Å². The van der Waals surface area contributed by atoms with Gasteiger partial charge in [-0.2, -0.15) is 0 Å². The smallest absolute Gasteiger partial charge is 0.174 e. The van der Waals surface area contributed by atoms with Gasteiger partial charge in [-0.15, -0.1) is 0 Å². The Morgan fingerprint density at radius 1 is 1.53 bits per heavy atom. The molecule has 3 nitrogen and oxygen atoms in total. The number of alkyl halides is 1. The highest BCUT2D eigenvalue weighted by Gasteiger charge is 2.50. The molecule has 3 rings (SSSR count). The van der Waals surface area contributed by atoms with Gasteiger partial charge in [-0.05, 0) is 56.5 Å². The average Bonchev–Trinajstić information content (AvgIpc) is 2.80. The molecule has 1 aromatic rings. The van der Waals surface area contributed by atoms with Crippen LogP contribution >= 0.6 is 0 Å². The molecule has 1 aliphatic carbocycles. The normalized spacial score (nSPS) is 28.7. The van der Waals surface area contributed by atoms with Gasteiger partial charge in [0.1, 0.15) is 5.84 Å². The minimum absolute atomic E-state index is 0.0987. The maximum Gasteiger partial charge on any atom is 0.174 e. The van der Waals surface area contributed by atoms with Crippen LogP contribution in [0.1, 0.15) is 36.3 Å². The van der Waals surface area contributed by atoms with Crippen molar-refractivity contribution in [2.45, 2.75) is 37.3 Å². The molecule has 1 aliphatic heterocycles. The molecule has 102 valence electrons. The molecule has 19 heavy (non-hydrogen) atoms. The second kappa shape index (κ2) is 4.60. The number of nitrogens with two attached hydrogens (primary N) is 1. The maximum atomic E-state index is 14.9. The predicted molar refractivity (Wildman–Crippen MR) is 75.8 cm³/mol. The Labute approximate surface area is 113 Å². The van der Waals surface area contributed by atoms with Crippen LogP contribution in [-0.4, -0.2) is 25.1 Å². The van der Waals surface area contributed by atoms with Gasteiger partial charge < -0.3 is 11.1 Å². The number of halogens is 1. The quantitative estimate of drug-likeness (QED) is 0.878. The molecule has 1 saturated carbocycles. The van der Waals surface area contributed by atoms with Gasteiger partial charge in [0.2, 0.25) is 0 Å². The van der Waals surface area contributed by atoms with Gasteiger partial charge in [-0.3, -0.25) is 0 Å². The van der Waals surface area contributed by atoms with Crippen molar-refractivity contribution >= 4 is 11.5 Å². The summed E-state index contributed by atoms with van der Waals surface area (Å²) >= 11 is 0. The molecule has 0 radical (unpaired) electrons. The molecule has 0 saturated heterocycles. The number of rotatable bonds is 3. The van der Waals surface area contributed by atoms with E-state index in [1.807, 2.05) is 13.1 Å². The largest absolute Gasteiger partial charge is 0.384 e. The van der Waals surface area contributed by atoms with E-state index in [4.69, 9.17) is 5.73 Å². The fourth-order valence-corrected chi connectivity index (χ4v) is 3.30. The number of hydrogen-bond acceptors (Lipinski definition) is 3. The Bertz CT molecular complexity index is 526. The van der Waals surface area contributed by atoms with Crippen LogP contribution in [0.5, 0.6) is 0 Å². The minimum atomic E-state index is -1.40. The van der Waals surface area contributed by atoms with Gasteiger partial charge in [-0.25, -0.2) is 9.38 Å². The van der Waals surface area contributed by atoms with Crippen LogP contribution in [0.4, 0.5) is 10.1 Å². The van der Waals surface area contributed by atoms with Crippen LogP contribution in [0.15, 0.2) is 23.2 Å². The summed E-state index contributed by atoms with van der Waals surface area (Å²) < 4.78 is 14.9. The molecular formula is C15H20FN3. The summed E-state index contributed by atoms with van der Waals surface area (Å²) in [6.07, 6.45) is 3.21. The summed E-state index contributed by atoms with van der Waals surface area (Å²) in [7, 11) is 1.94. The molecule has 2 atom stereocenters. The summed E-state index contributed by atoms with van der Waals surface area (Å²) in [6.45, 7) is 0.925. The van der Waals surface area contributed by atoms with Crippen molar-refractivity contribution in [2.75, 3.05) is 13.6 Å². The van der Waals surface area contributed by atoms with Crippen molar-refractivity contribution in [3.8, 4) is 0 Å². The third-order valence-corrected chi connectivity index (χ3v) is 4.39. The van der Waals surface area contributed by atoms with E-state index in [0.29, 0.717) is 6.42 Å². The van der Waals surface area contributed by atoms with Crippen LogP contribution < -0.4 is 11.1 Å². The Morgan fingerprint density at radius 2 is 2.37 bits per heavy atom. The molecule has 3 N–H and O–H groups in total. The van der Waals surface area contributed by atoms with Crippen LogP contribution in [0, 0.1) is 0 Å². The number of nitrogens with zero attached hydrogens (tertiary/aromatic N) is 1. The van der Waals surface area contributed by atoms with E-state index < -0.39 is 5.67 Å². The summed E-state index contributed by atoms with van der Waals surface area (Å²) in [5.74, 6) is 0.0756. The lowest BCUT2D eigenvalue weighted by atomic mass is 9.82. The molecule has 0 amide bonds. The molecule has 4 heteroatoms. The molecule has 0 aromatic heterocycles. The van der Waals surface area contributed by atoms with Crippen molar-refractivity contribution in [3.05, 3.63) is 29.3 Å². The number of aliphatic imine (C=N–C) groups is 1. The summed E-state index contributed by atoms with van der Waals surface area (Å²) in [5, 5.41) is 3.13. The molecule has 1 aromatic carbocycles. The van der Waals surface area contributed by atoms with Crippen molar-refractivity contribution in [1.29, 1.82) is 0 Å². The topological polar surface area (TPSA) is 50.4 Å². The van der Waals surface area contributed by atoms with Crippen molar-refractivity contribution in [1.82, 2.24) is 5.32 Å². The molecular weight excluding hydrogens is 241 g/mol. The van der Waals surface area contributed by atoms with Crippen molar-refractivity contribution in [2.24, 2.45) is 10.7 Å². The maximum absolute atomic E-state index is 14.9. The standard InChI is InChI=1S/C15H20FN3/c1-18-8-6-10-4-5-11-12-3-2-7-15(12,16)14(17)19-13(11)9-10/h4-5,9,12,18H,2-3,6-8H2,1H3,(H2,17,19). The SMILES string of the molecule is CNCCc1ccc2c(c1)N=C(N)C1(F)CCCC21. The number of nitrogens with one attached hydrogen (secondary N) is 1. The van der Waals surface area contributed by atoms with Gasteiger partial charge in [0, 0.05) is 5.92 Å². The first-order valence-electron chi connectivity index (χ1n) is 6.96. The number of fused-ring (bicyclic) bond motifs is 3. The lowest BCUT2D eigenvalue weighted by molar-refractivity contribution is 0.232. The van der Waals surface area contributed by atoms with E-state index in [0.717, 1.165) is 37.1 Å². The Balaban J connectivity index is 1.99. The van der Waals surface area contributed by atoms with E-state index in [2.05, 4.69) is 22.4 Å². The first-order chi connectivity index (χ1) is 9.15. The summed E-state index contributed by atoms with van der Waals surface area (Å²) in [5.41, 5.74) is 7.59. The third kappa shape index (κ3) is 1.94. The van der Waals surface area contributed by atoms with E-state index in [1.54, 1.807) is 0 Å². The lowest BCUT2D eigenvalue weighted by Crippen LogP contribution is -2.43. The van der Waals surface area contributed by atoms with E-state index >= 15 is 0 Å². The highest BCUT2D eigenvalue weighted by molar-refractivity contribution is 5.95. The number of amidine groups is 1. The third-order valence-electron chi connectivity index (χ3n) is 4.39. The Kier molecular flexibility index (Phi) is 3.05. The van der Waals surface area contributed by atoms with Crippen LogP contribution in [0.3, 0.4) is 0 Å². The lowest BCUT2D eigenvalue weighted by Gasteiger charge is -2.32. The zero-order valence-corrected chi connectivity index (χ0v) is 11.2. The van der Waals surface area contributed by atoms with Gasteiger partial charge in [0.25, 0.3) is 0 Å². The first kappa shape index (κ1) is 12.6. The molecule has 0 bridgehead atoms.